The number of aromatic nitrogens is 1. The first-order chi connectivity index (χ1) is 7.36. The molecule has 0 aliphatic carbocycles. The Bertz CT molecular complexity index is 405. The SMILES string of the molecule is COC(C)(C)C(=O)Nc1ncc(Br)cc1C. The Morgan fingerprint density at radius 2 is 2.19 bits per heavy atom. The number of nitrogens with zero attached hydrogens (tertiary/aromatic N) is 1. The van der Waals surface area contributed by atoms with Crippen LogP contribution in [-0.4, -0.2) is 23.6 Å². The molecule has 1 aromatic heterocycles. The number of carbonyl (C=O) groups excluding carboxylic acids is 1. The summed E-state index contributed by atoms with van der Waals surface area (Å²) in [6.07, 6.45) is 1.64. The van der Waals surface area contributed by atoms with E-state index < -0.39 is 5.60 Å². The molecular weight excluding hydrogens is 272 g/mol. The molecule has 0 aromatic carbocycles. The number of hydrogen-bond acceptors (Lipinski definition) is 3. The van der Waals surface area contributed by atoms with Crippen LogP contribution in [-0.2, 0) is 9.53 Å². The molecule has 1 aromatic rings. The van der Waals surface area contributed by atoms with Crippen molar-refractivity contribution in [1.82, 2.24) is 4.98 Å². The third-order valence-electron chi connectivity index (χ3n) is 2.33. The summed E-state index contributed by atoms with van der Waals surface area (Å²) in [5.41, 5.74) is 0.0379. The van der Waals surface area contributed by atoms with E-state index in [2.05, 4.69) is 26.2 Å². The average molecular weight is 287 g/mol. The van der Waals surface area contributed by atoms with Gasteiger partial charge in [0.2, 0.25) is 0 Å². The largest absolute Gasteiger partial charge is 0.369 e. The van der Waals surface area contributed by atoms with Crippen molar-refractivity contribution in [2.24, 2.45) is 0 Å². The fraction of sp³-hybridized carbons (Fsp3) is 0.455. The molecule has 16 heavy (non-hydrogen) atoms. The Morgan fingerprint density at radius 3 is 2.69 bits per heavy atom. The highest BCUT2D eigenvalue weighted by Crippen LogP contribution is 2.18. The van der Waals surface area contributed by atoms with Gasteiger partial charge in [0.1, 0.15) is 11.4 Å². The van der Waals surface area contributed by atoms with E-state index in [1.54, 1.807) is 20.0 Å². The van der Waals surface area contributed by atoms with Crippen LogP contribution in [0.3, 0.4) is 0 Å². The van der Waals surface area contributed by atoms with Crippen molar-refractivity contribution < 1.29 is 9.53 Å². The number of halogens is 1. The highest BCUT2D eigenvalue weighted by atomic mass is 79.9. The van der Waals surface area contributed by atoms with E-state index in [4.69, 9.17) is 4.74 Å². The number of aryl methyl sites for hydroxylation is 1. The van der Waals surface area contributed by atoms with Crippen LogP contribution in [0.1, 0.15) is 19.4 Å². The molecule has 0 bridgehead atoms. The van der Waals surface area contributed by atoms with Crippen molar-refractivity contribution in [3.8, 4) is 0 Å². The van der Waals surface area contributed by atoms with E-state index in [1.807, 2.05) is 13.0 Å². The van der Waals surface area contributed by atoms with Gasteiger partial charge in [0.25, 0.3) is 5.91 Å². The lowest BCUT2D eigenvalue weighted by molar-refractivity contribution is -0.133. The molecule has 5 heteroatoms. The molecule has 1 rings (SSSR count). The first-order valence-electron chi connectivity index (χ1n) is 4.85. The zero-order chi connectivity index (χ0) is 12.3. The van der Waals surface area contributed by atoms with Crippen molar-refractivity contribution in [2.75, 3.05) is 12.4 Å². The zero-order valence-corrected chi connectivity index (χ0v) is 11.4. The Morgan fingerprint density at radius 1 is 1.56 bits per heavy atom. The molecule has 1 amide bonds. The van der Waals surface area contributed by atoms with E-state index in [9.17, 15) is 4.79 Å². The minimum absolute atomic E-state index is 0.215. The Hall–Kier alpha value is -0.940. The van der Waals surface area contributed by atoms with Crippen LogP contribution in [0.15, 0.2) is 16.7 Å². The molecule has 0 radical (unpaired) electrons. The van der Waals surface area contributed by atoms with Crippen LogP contribution in [0.5, 0.6) is 0 Å². The lowest BCUT2D eigenvalue weighted by atomic mass is 10.1. The molecular formula is C11H15BrN2O2. The van der Waals surface area contributed by atoms with Crippen molar-refractivity contribution in [3.63, 3.8) is 0 Å². The van der Waals surface area contributed by atoms with Gasteiger partial charge in [-0.05, 0) is 48.3 Å². The molecule has 0 saturated heterocycles. The smallest absolute Gasteiger partial charge is 0.257 e. The quantitative estimate of drug-likeness (QED) is 0.929. The van der Waals surface area contributed by atoms with Crippen molar-refractivity contribution >= 4 is 27.7 Å². The van der Waals surface area contributed by atoms with Crippen molar-refractivity contribution in [3.05, 3.63) is 22.3 Å². The van der Waals surface area contributed by atoms with Crippen LogP contribution >= 0.6 is 15.9 Å². The second kappa shape index (κ2) is 4.93. The summed E-state index contributed by atoms with van der Waals surface area (Å²) in [7, 11) is 1.50. The maximum Gasteiger partial charge on any atom is 0.257 e. The van der Waals surface area contributed by atoms with Crippen LogP contribution in [0.2, 0.25) is 0 Å². The van der Waals surface area contributed by atoms with Gasteiger partial charge in [-0.25, -0.2) is 4.98 Å². The van der Waals surface area contributed by atoms with Crippen molar-refractivity contribution in [1.29, 1.82) is 0 Å². The third kappa shape index (κ3) is 3.02. The van der Waals surface area contributed by atoms with Gasteiger partial charge in [-0.3, -0.25) is 4.79 Å². The molecule has 88 valence electrons. The lowest BCUT2D eigenvalue weighted by Crippen LogP contribution is -2.39. The average Bonchev–Trinajstić information content (AvgIpc) is 2.22. The summed E-state index contributed by atoms with van der Waals surface area (Å²) in [6, 6.07) is 1.89. The van der Waals surface area contributed by atoms with Gasteiger partial charge < -0.3 is 10.1 Å². The van der Waals surface area contributed by atoms with Crippen LogP contribution < -0.4 is 5.32 Å². The number of carbonyl (C=O) groups is 1. The normalized spacial score (nSPS) is 11.3. The van der Waals surface area contributed by atoms with Crippen LogP contribution in [0.25, 0.3) is 0 Å². The minimum Gasteiger partial charge on any atom is -0.369 e. The second-order valence-electron chi connectivity index (χ2n) is 3.99. The molecule has 0 fully saturated rings. The third-order valence-corrected chi connectivity index (χ3v) is 2.77. The summed E-state index contributed by atoms with van der Waals surface area (Å²) >= 11 is 3.32. The first kappa shape index (κ1) is 13.1. The molecule has 0 unspecified atom stereocenters. The maximum absolute atomic E-state index is 11.8. The number of ether oxygens (including phenoxy) is 1. The van der Waals surface area contributed by atoms with E-state index in [0.717, 1.165) is 10.0 Å². The molecule has 0 spiro atoms. The number of rotatable bonds is 3. The summed E-state index contributed by atoms with van der Waals surface area (Å²) in [5, 5.41) is 2.73. The predicted octanol–water partition coefficient (Wildman–Crippen LogP) is 2.52. The molecule has 0 saturated carbocycles. The van der Waals surface area contributed by atoms with E-state index in [1.165, 1.54) is 7.11 Å². The van der Waals surface area contributed by atoms with E-state index >= 15 is 0 Å². The summed E-state index contributed by atoms with van der Waals surface area (Å²) in [4.78, 5) is 15.9. The number of nitrogens with one attached hydrogen (secondary N) is 1. The fourth-order valence-corrected chi connectivity index (χ4v) is 1.47. The highest BCUT2D eigenvalue weighted by Gasteiger charge is 2.27. The number of methoxy groups -OCH3 is 1. The zero-order valence-electron chi connectivity index (χ0n) is 9.80. The van der Waals surface area contributed by atoms with Crippen LogP contribution in [0.4, 0.5) is 5.82 Å². The Kier molecular flexibility index (Phi) is 4.04. The fourth-order valence-electron chi connectivity index (χ4n) is 1.02. The molecule has 0 atom stereocenters. The number of amides is 1. The minimum atomic E-state index is -0.860. The van der Waals surface area contributed by atoms with Crippen LogP contribution in [0, 0.1) is 6.92 Å². The molecule has 4 nitrogen and oxygen atoms in total. The van der Waals surface area contributed by atoms with Gasteiger partial charge >= 0.3 is 0 Å². The predicted molar refractivity (Wildman–Crippen MR) is 66.4 cm³/mol. The van der Waals surface area contributed by atoms with Gasteiger partial charge in [0, 0.05) is 17.8 Å². The van der Waals surface area contributed by atoms with Gasteiger partial charge in [0.15, 0.2) is 0 Å². The monoisotopic (exact) mass is 286 g/mol. The number of pyridine rings is 1. The van der Waals surface area contributed by atoms with Gasteiger partial charge in [-0.2, -0.15) is 0 Å². The molecule has 0 aliphatic heterocycles. The first-order valence-corrected chi connectivity index (χ1v) is 5.65. The molecule has 1 N–H and O–H groups in total. The van der Waals surface area contributed by atoms with Crippen molar-refractivity contribution in [2.45, 2.75) is 26.4 Å². The van der Waals surface area contributed by atoms with Gasteiger partial charge in [-0.15, -0.1) is 0 Å². The Labute approximate surface area is 104 Å². The lowest BCUT2D eigenvalue weighted by Gasteiger charge is -2.21. The summed E-state index contributed by atoms with van der Waals surface area (Å²) in [5.74, 6) is 0.339. The summed E-state index contributed by atoms with van der Waals surface area (Å²) < 4.78 is 5.97. The topological polar surface area (TPSA) is 51.2 Å². The van der Waals surface area contributed by atoms with E-state index in [0.29, 0.717) is 5.82 Å². The van der Waals surface area contributed by atoms with Gasteiger partial charge in [0.05, 0.1) is 0 Å². The number of anilines is 1. The Balaban J connectivity index is 2.85. The standard InChI is InChI=1S/C11H15BrN2O2/c1-7-5-8(12)6-13-9(7)14-10(15)11(2,3)16-4/h5-6H,1-4H3,(H,13,14,15). The number of hydrogen-bond donors (Lipinski definition) is 1. The summed E-state index contributed by atoms with van der Waals surface area (Å²) in [6.45, 7) is 5.29. The molecule has 0 aliphatic rings. The maximum atomic E-state index is 11.8. The van der Waals surface area contributed by atoms with Gasteiger partial charge in [-0.1, -0.05) is 0 Å². The highest BCUT2D eigenvalue weighted by molar-refractivity contribution is 9.10. The molecule has 1 heterocycles. The van der Waals surface area contributed by atoms with E-state index in [-0.39, 0.29) is 5.91 Å². The second-order valence-corrected chi connectivity index (χ2v) is 4.90.